The summed E-state index contributed by atoms with van der Waals surface area (Å²) in [7, 11) is 3.88. The number of benzene rings is 1. The highest BCUT2D eigenvalue weighted by atomic mass is 16.2. The van der Waals surface area contributed by atoms with Crippen molar-refractivity contribution >= 4 is 23.2 Å². The second-order valence-electron chi connectivity index (χ2n) is 7.61. The van der Waals surface area contributed by atoms with Crippen LogP contribution in [-0.2, 0) is 4.79 Å². The number of anilines is 2. The van der Waals surface area contributed by atoms with Crippen molar-refractivity contribution in [2.24, 2.45) is 5.92 Å². The fourth-order valence-corrected chi connectivity index (χ4v) is 3.32. The van der Waals surface area contributed by atoms with Crippen LogP contribution in [0.25, 0.3) is 0 Å². The number of hydrogen-bond acceptors (Lipinski definition) is 3. The number of unbranched alkanes of at least 4 members (excludes halogenated alkanes) is 2. The van der Waals surface area contributed by atoms with Gasteiger partial charge < -0.3 is 15.1 Å². The van der Waals surface area contributed by atoms with Gasteiger partial charge in [0.15, 0.2) is 0 Å². The Hall–Kier alpha value is -2.04. The molecule has 0 bridgehead atoms. The van der Waals surface area contributed by atoms with E-state index >= 15 is 0 Å². The van der Waals surface area contributed by atoms with Crippen LogP contribution >= 0.6 is 0 Å². The Morgan fingerprint density at radius 2 is 1.88 bits per heavy atom. The van der Waals surface area contributed by atoms with Crippen LogP contribution in [0.1, 0.15) is 62.7 Å². The summed E-state index contributed by atoms with van der Waals surface area (Å²) in [5.74, 6) is 0.755. The van der Waals surface area contributed by atoms with Crippen LogP contribution in [0.5, 0.6) is 0 Å². The van der Waals surface area contributed by atoms with E-state index in [-0.39, 0.29) is 11.8 Å². The van der Waals surface area contributed by atoms with Crippen LogP contribution in [0, 0.1) is 5.92 Å². The first-order valence-electron chi connectivity index (χ1n) is 9.82. The van der Waals surface area contributed by atoms with Gasteiger partial charge in [-0.05, 0) is 43.4 Å². The van der Waals surface area contributed by atoms with E-state index in [4.69, 9.17) is 0 Å². The van der Waals surface area contributed by atoms with Gasteiger partial charge in [0, 0.05) is 45.0 Å². The van der Waals surface area contributed by atoms with Gasteiger partial charge in [0.25, 0.3) is 5.91 Å². The van der Waals surface area contributed by atoms with Gasteiger partial charge in [-0.1, -0.05) is 26.7 Å². The van der Waals surface area contributed by atoms with Crippen LogP contribution in [-0.4, -0.2) is 43.9 Å². The molecule has 0 spiro atoms. The first-order chi connectivity index (χ1) is 12.4. The van der Waals surface area contributed by atoms with E-state index in [1.54, 1.807) is 0 Å². The molecule has 1 N–H and O–H groups in total. The summed E-state index contributed by atoms with van der Waals surface area (Å²) in [5.41, 5.74) is 2.25. The molecule has 1 aliphatic rings. The number of hydrogen-bond donors (Lipinski definition) is 1. The fraction of sp³-hybridized carbons (Fsp3) is 0.619. The molecule has 0 unspecified atom stereocenters. The third-order valence-corrected chi connectivity index (χ3v) is 5.07. The lowest BCUT2D eigenvalue weighted by Gasteiger charge is -2.31. The third kappa shape index (κ3) is 5.48. The molecule has 2 amide bonds. The van der Waals surface area contributed by atoms with E-state index in [0.717, 1.165) is 50.9 Å². The first kappa shape index (κ1) is 20.3. The lowest BCUT2D eigenvalue weighted by atomic mass is 9.98. The summed E-state index contributed by atoms with van der Waals surface area (Å²) in [6.07, 6.45) is 5.68. The fourth-order valence-electron chi connectivity index (χ4n) is 3.32. The average molecular weight is 360 g/mol. The first-order valence-corrected chi connectivity index (χ1v) is 9.82. The number of nitrogens with one attached hydrogen (secondary N) is 1. The molecule has 5 nitrogen and oxygen atoms in total. The van der Waals surface area contributed by atoms with E-state index in [0.29, 0.717) is 23.6 Å². The number of rotatable bonds is 7. The van der Waals surface area contributed by atoms with Gasteiger partial charge in [-0.15, -0.1) is 0 Å². The Bertz CT molecular complexity index is 620. The van der Waals surface area contributed by atoms with Crippen molar-refractivity contribution in [2.75, 3.05) is 37.4 Å². The molecule has 1 aliphatic heterocycles. The van der Waals surface area contributed by atoms with Crippen molar-refractivity contribution in [1.29, 1.82) is 0 Å². The van der Waals surface area contributed by atoms with E-state index in [2.05, 4.69) is 19.2 Å². The highest BCUT2D eigenvalue weighted by Gasteiger charge is 2.24. The third-order valence-electron chi connectivity index (χ3n) is 5.07. The van der Waals surface area contributed by atoms with Gasteiger partial charge in [0.1, 0.15) is 0 Å². The topological polar surface area (TPSA) is 52.7 Å². The quantitative estimate of drug-likeness (QED) is 0.744. The predicted molar refractivity (Wildman–Crippen MR) is 108 cm³/mol. The molecule has 1 heterocycles. The summed E-state index contributed by atoms with van der Waals surface area (Å²) in [6, 6.07) is 5.62. The van der Waals surface area contributed by atoms with E-state index in [1.165, 1.54) is 0 Å². The molecular formula is C21H33N3O2. The molecule has 2 rings (SSSR count). The molecular weight excluding hydrogens is 326 g/mol. The van der Waals surface area contributed by atoms with Crippen LogP contribution in [0.3, 0.4) is 0 Å². The summed E-state index contributed by atoms with van der Waals surface area (Å²) < 4.78 is 0. The van der Waals surface area contributed by atoms with Crippen LogP contribution < -0.4 is 10.2 Å². The van der Waals surface area contributed by atoms with E-state index in [1.807, 2.05) is 42.1 Å². The van der Waals surface area contributed by atoms with Gasteiger partial charge in [-0.3, -0.25) is 9.59 Å². The summed E-state index contributed by atoms with van der Waals surface area (Å²) >= 11 is 0. The molecule has 0 saturated carbocycles. The average Bonchev–Trinajstić information content (AvgIpc) is 2.61. The van der Waals surface area contributed by atoms with Gasteiger partial charge >= 0.3 is 0 Å². The Morgan fingerprint density at radius 3 is 2.50 bits per heavy atom. The number of carbonyl (C=O) groups excluding carboxylic acids is 2. The van der Waals surface area contributed by atoms with Gasteiger partial charge in [-0.25, -0.2) is 0 Å². The number of amides is 2. The number of piperidine rings is 1. The molecule has 26 heavy (non-hydrogen) atoms. The lowest BCUT2D eigenvalue weighted by molar-refractivity contribution is -0.116. The van der Waals surface area contributed by atoms with Crippen LogP contribution in [0.2, 0.25) is 0 Å². The minimum atomic E-state index is 0.0150. The van der Waals surface area contributed by atoms with Crippen molar-refractivity contribution in [2.45, 2.75) is 52.4 Å². The minimum absolute atomic E-state index is 0.0150. The zero-order valence-electron chi connectivity index (χ0n) is 16.7. The van der Waals surface area contributed by atoms with Gasteiger partial charge in [-0.2, -0.15) is 0 Å². The molecule has 1 aromatic rings. The molecule has 0 aromatic heterocycles. The smallest absolute Gasteiger partial charge is 0.256 e. The van der Waals surface area contributed by atoms with Crippen LogP contribution in [0.15, 0.2) is 18.2 Å². The van der Waals surface area contributed by atoms with Crippen molar-refractivity contribution in [1.82, 2.24) is 4.90 Å². The SMILES string of the molecule is CCCCCC(=O)Nc1ccc(N(C)C)c(C(=O)N2CCC(C)CC2)c1. The molecule has 0 aliphatic carbocycles. The van der Waals surface area contributed by atoms with Gasteiger partial charge in [0.05, 0.1) is 5.56 Å². The zero-order chi connectivity index (χ0) is 19.1. The highest BCUT2D eigenvalue weighted by Crippen LogP contribution is 2.26. The Labute approximate surface area is 157 Å². The molecule has 144 valence electrons. The molecule has 5 heteroatoms. The maximum absolute atomic E-state index is 13.1. The summed E-state index contributed by atoms with van der Waals surface area (Å²) in [6.45, 7) is 5.97. The molecule has 1 saturated heterocycles. The molecule has 1 aromatic carbocycles. The second kappa shape index (κ2) is 9.60. The number of likely N-dealkylation sites (tertiary alicyclic amines) is 1. The summed E-state index contributed by atoms with van der Waals surface area (Å²) in [4.78, 5) is 29.1. The normalized spacial score (nSPS) is 15.0. The Kier molecular flexibility index (Phi) is 7.49. The van der Waals surface area contributed by atoms with Gasteiger partial charge in [0.2, 0.25) is 5.91 Å². The van der Waals surface area contributed by atoms with Crippen molar-refractivity contribution < 1.29 is 9.59 Å². The highest BCUT2D eigenvalue weighted by molar-refractivity contribution is 6.02. The van der Waals surface area contributed by atoms with E-state index in [9.17, 15) is 9.59 Å². The maximum atomic E-state index is 13.1. The van der Waals surface area contributed by atoms with Crippen molar-refractivity contribution in [3.8, 4) is 0 Å². The zero-order valence-corrected chi connectivity index (χ0v) is 16.7. The molecule has 0 atom stereocenters. The lowest BCUT2D eigenvalue weighted by Crippen LogP contribution is -2.38. The molecule has 0 radical (unpaired) electrons. The predicted octanol–water partition coefficient (Wildman–Crippen LogP) is 4.14. The monoisotopic (exact) mass is 359 g/mol. The Balaban J connectivity index is 2.14. The second-order valence-corrected chi connectivity index (χ2v) is 7.61. The minimum Gasteiger partial charge on any atom is -0.377 e. The summed E-state index contributed by atoms with van der Waals surface area (Å²) in [5, 5.41) is 2.94. The standard InChI is InChI=1S/C21H33N3O2/c1-5-6-7-8-20(25)22-17-9-10-19(23(3)4)18(15-17)21(26)24-13-11-16(2)12-14-24/h9-10,15-16H,5-8,11-14H2,1-4H3,(H,22,25). The molecule has 1 fully saturated rings. The van der Waals surface area contributed by atoms with Crippen molar-refractivity contribution in [3.63, 3.8) is 0 Å². The largest absolute Gasteiger partial charge is 0.377 e. The number of carbonyl (C=O) groups is 2. The van der Waals surface area contributed by atoms with Crippen LogP contribution in [0.4, 0.5) is 11.4 Å². The van der Waals surface area contributed by atoms with Crippen molar-refractivity contribution in [3.05, 3.63) is 23.8 Å². The number of nitrogens with zero attached hydrogens (tertiary/aromatic N) is 2. The maximum Gasteiger partial charge on any atom is 0.256 e. The Morgan fingerprint density at radius 1 is 1.19 bits per heavy atom. The van der Waals surface area contributed by atoms with E-state index < -0.39 is 0 Å².